The van der Waals surface area contributed by atoms with Crippen LogP contribution >= 0.6 is 31.9 Å². The zero-order valence-electron chi connectivity index (χ0n) is 20.5. The molecule has 190 valence electrons. The molecule has 1 heterocycles. The highest BCUT2D eigenvalue weighted by Gasteiger charge is 2.22. The maximum Gasteiger partial charge on any atom is 0.282 e. The molecule has 3 aromatic carbocycles. The quantitative estimate of drug-likeness (QED) is 0.200. The first-order chi connectivity index (χ1) is 18.0. The van der Waals surface area contributed by atoms with E-state index in [1.54, 1.807) is 19.4 Å². The zero-order chi connectivity index (χ0) is 25.8. The fourth-order valence-electron chi connectivity index (χ4n) is 4.66. The number of fused-ring (bicyclic) bond motifs is 1. The molecule has 0 N–H and O–H groups in total. The Labute approximate surface area is 232 Å². The monoisotopic (exact) mass is 623 g/mol. The Hall–Kier alpha value is -2.97. The second kappa shape index (κ2) is 11.6. The summed E-state index contributed by atoms with van der Waals surface area (Å²) in [7, 11) is 1.61. The van der Waals surface area contributed by atoms with Crippen molar-refractivity contribution in [2.24, 2.45) is 5.10 Å². The van der Waals surface area contributed by atoms with Gasteiger partial charge in [0, 0.05) is 20.4 Å². The average molecular weight is 625 g/mol. The molecule has 5 rings (SSSR count). The van der Waals surface area contributed by atoms with Gasteiger partial charge in [-0.3, -0.25) is 4.79 Å². The van der Waals surface area contributed by atoms with E-state index in [9.17, 15) is 4.79 Å². The summed E-state index contributed by atoms with van der Waals surface area (Å²) >= 11 is 7.09. The van der Waals surface area contributed by atoms with Gasteiger partial charge in [-0.05, 0) is 70.7 Å². The Kier molecular flexibility index (Phi) is 8.05. The van der Waals surface area contributed by atoms with Crippen LogP contribution in [0.25, 0.3) is 10.9 Å². The molecule has 0 atom stereocenters. The van der Waals surface area contributed by atoms with Crippen molar-refractivity contribution in [3.63, 3.8) is 0 Å². The van der Waals surface area contributed by atoms with Gasteiger partial charge in [0.25, 0.3) is 5.56 Å². The lowest BCUT2D eigenvalue weighted by Gasteiger charge is -2.22. The molecule has 1 aliphatic carbocycles. The Morgan fingerprint density at radius 2 is 1.78 bits per heavy atom. The number of hydrogen-bond acceptors (Lipinski definition) is 5. The standard InChI is InChI=1S/C29H27Br2N3O3/c1-36-26-15-21(24(31)16-27(26)37-18-19-11-13-22(30)14-12-19)17-32-34-28(20-7-3-2-4-8-20)33-25-10-6-5-9-23(25)29(34)35/h5-6,9-17,20H,2-4,7-8,18H2,1H3. The summed E-state index contributed by atoms with van der Waals surface area (Å²) in [4.78, 5) is 18.4. The second-order valence-corrected chi connectivity index (χ2v) is 10.9. The van der Waals surface area contributed by atoms with Crippen molar-refractivity contribution in [3.05, 3.63) is 96.9 Å². The molecule has 0 spiro atoms. The molecular formula is C29H27Br2N3O3. The number of aromatic nitrogens is 2. The molecule has 6 nitrogen and oxygen atoms in total. The molecule has 0 saturated heterocycles. The first-order valence-electron chi connectivity index (χ1n) is 12.3. The van der Waals surface area contributed by atoms with Gasteiger partial charge in [0.15, 0.2) is 11.5 Å². The highest BCUT2D eigenvalue weighted by molar-refractivity contribution is 9.10. The summed E-state index contributed by atoms with van der Waals surface area (Å²) in [6.07, 6.45) is 7.21. The first-order valence-corrected chi connectivity index (χ1v) is 13.9. The van der Waals surface area contributed by atoms with Crippen LogP contribution in [-0.2, 0) is 6.61 Å². The van der Waals surface area contributed by atoms with Crippen LogP contribution < -0.4 is 15.0 Å². The molecule has 8 heteroatoms. The minimum Gasteiger partial charge on any atom is -0.493 e. The predicted octanol–water partition coefficient (Wildman–Crippen LogP) is 7.44. The second-order valence-electron chi connectivity index (χ2n) is 9.12. The van der Waals surface area contributed by atoms with Crippen LogP contribution in [0.1, 0.15) is 55.0 Å². The number of hydrogen-bond donors (Lipinski definition) is 0. The predicted molar refractivity (Wildman–Crippen MR) is 154 cm³/mol. The van der Waals surface area contributed by atoms with Crippen molar-refractivity contribution in [1.82, 2.24) is 9.66 Å². The van der Waals surface area contributed by atoms with E-state index in [2.05, 4.69) is 37.0 Å². The van der Waals surface area contributed by atoms with Crippen LogP contribution in [0.2, 0.25) is 0 Å². The van der Waals surface area contributed by atoms with Crippen LogP contribution in [0.15, 0.2) is 79.5 Å². The lowest BCUT2D eigenvalue weighted by molar-refractivity contribution is 0.284. The summed E-state index contributed by atoms with van der Waals surface area (Å²) in [6, 6.07) is 19.2. The van der Waals surface area contributed by atoms with Gasteiger partial charge < -0.3 is 9.47 Å². The van der Waals surface area contributed by atoms with E-state index in [1.807, 2.05) is 54.6 Å². The molecule has 1 aliphatic rings. The molecule has 1 fully saturated rings. The summed E-state index contributed by atoms with van der Waals surface area (Å²) in [6.45, 7) is 0.409. The maximum atomic E-state index is 13.5. The number of methoxy groups -OCH3 is 1. The first kappa shape index (κ1) is 25.7. The lowest BCUT2D eigenvalue weighted by Crippen LogP contribution is -2.25. The Bertz CT molecular complexity index is 1490. The van der Waals surface area contributed by atoms with E-state index < -0.39 is 0 Å². The molecule has 37 heavy (non-hydrogen) atoms. The maximum absolute atomic E-state index is 13.5. The van der Waals surface area contributed by atoms with Crippen molar-refractivity contribution >= 4 is 49.0 Å². The largest absolute Gasteiger partial charge is 0.493 e. The van der Waals surface area contributed by atoms with Gasteiger partial charge in [-0.15, -0.1) is 0 Å². The van der Waals surface area contributed by atoms with Gasteiger partial charge in [0.1, 0.15) is 12.4 Å². The summed E-state index contributed by atoms with van der Waals surface area (Å²) in [5.41, 5.74) is 2.38. The Morgan fingerprint density at radius 1 is 1.03 bits per heavy atom. The van der Waals surface area contributed by atoms with Gasteiger partial charge in [0.2, 0.25) is 0 Å². The Morgan fingerprint density at radius 3 is 2.54 bits per heavy atom. The highest BCUT2D eigenvalue weighted by atomic mass is 79.9. The van der Waals surface area contributed by atoms with Crippen molar-refractivity contribution in [2.45, 2.75) is 44.6 Å². The minimum atomic E-state index is -0.153. The molecular weight excluding hydrogens is 598 g/mol. The van der Waals surface area contributed by atoms with Crippen molar-refractivity contribution < 1.29 is 9.47 Å². The summed E-state index contributed by atoms with van der Waals surface area (Å²) < 4.78 is 14.9. The van der Waals surface area contributed by atoms with Crippen molar-refractivity contribution in [1.29, 1.82) is 0 Å². The number of ether oxygens (including phenoxy) is 2. The SMILES string of the molecule is COc1cc(C=Nn2c(C3CCCCC3)nc3ccccc3c2=O)c(Br)cc1OCc1ccc(Br)cc1. The zero-order valence-corrected chi connectivity index (χ0v) is 23.7. The van der Waals surface area contributed by atoms with Gasteiger partial charge in [-0.2, -0.15) is 9.78 Å². The van der Waals surface area contributed by atoms with E-state index in [4.69, 9.17) is 14.5 Å². The minimum absolute atomic E-state index is 0.153. The van der Waals surface area contributed by atoms with E-state index in [-0.39, 0.29) is 11.5 Å². The summed E-state index contributed by atoms with van der Waals surface area (Å²) in [5.74, 6) is 2.15. The van der Waals surface area contributed by atoms with E-state index in [0.717, 1.165) is 57.1 Å². The molecule has 0 aliphatic heterocycles. The highest BCUT2D eigenvalue weighted by Crippen LogP contribution is 2.34. The summed E-state index contributed by atoms with van der Waals surface area (Å²) in [5, 5.41) is 5.22. The van der Waals surface area contributed by atoms with Gasteiger partial charge in [-0.25, -0.2) is 4.98 Å². The van der Waals surface area contributed by atoms with Crippen LogP contribution in [0.4, 0.5) is 0 Å². The van der Waals surface area contributed by atoms with Gasteiger partial charge in [0.05, 0.1) is 24.2 Å². The lowest BCUT2D eigenvalue weighted by atomic mass is 9.88. The van der Waals surface area contributed by atoms with E-state index in [0.29, 0.717) is 23.5 Å². The number of benzene rings is 3. The molecule has 0 radical (unpaired) electrons. The van der Waals surface area contributed by atoms with Crippen LogP contribution in [0.5, 0.6) is 11.5 Å². The Balaban J connectivity index is 1.48. The van der Waals surface area contributed by atoms with Gasteiger partial charge in [-0.1, -0.05) is 59.5 Å². The van der Waals surface area contributed by atoms with Crippen molar-refractivity contribution in [2.75, 3.05) is 7.11 Å². The fourth-order valence-corrected chi connectivity index (χ4v) is 5.35. The molecule has 1 saturated carbocycles. The third-order valence-corrected chi connectivity index (χ3v) is 7.87. The molecule has 0 amide bonds. The fraction of sp³-hybridized carbons (Fsp3) is 0.276. The van der Waals surface area contributed by atoms with Crippen molar-refractivity contribution in [3.8, 4) is 11.5 Å². The molecule has 0 unspecified atom stereocenters. The third-order valence-electron chi connectivity index (χ3n) is 6.65. The van der Waals surface area contributed by atoms with Crippen LogP contribution in [0.3, 0.4) is 0 Å². The third kappa shape index (κ3) is 5.80. The normalized spacial score (nSPS) is 14.4. The topological polar surface area (TPSA) is 65.7 Å². The average Bonchev–Trinajstić information content (AvgIpc) is 2.93. The number of nitrogens with zero attached hydrogens (tertiary/aromatic N) is 3. The molecule has 1 aromatic heterocycles. The molecule has 4 aromatic rings. The van der Waals surface area contributed by atoms with Crippen LogP contribution in [0, 0.1) is 0 Å². The van der Waals surface area contributed by atoms with E-state index in [1.165, 1.54) is 11.1 Å². The van der Waals surface area contributed by atoms with E-state index >= 15 is 0 Å². The number of para-hydroxylation sites is 1. The van der Waals surface area contributed by atoms with Gasteiger partial charge >= 0.3 is 0 Å². The van der Waals surface area contributed by atoms with Crippen LogP contribution in [-0.4, -0.2) is 23.0 Å². The number of rotatable bonds is 7. The smallest absolute Gasteiger partial charge is 0.282 e. The number of halogens is 2. The molecule has 0 bridgehead atoms.